The number of thioether (sulfide) groups is 1. The van der Waals surface area contributed by atoms with Crippen LogP contribution in [0, 0.1) is 23.7 Å². The van der Waals surface area contributed by atoms with Crippen molar-refractivity contribution in [2.45, 2.75) is 139 Å². The highest BCUT2D eigenvalue weighted by Gasteiger charge is 2.53. The minimum absolute atomic E-state index is 0.180. The summed E-state index contributed by atoms with van der Waals surface area (Å²) in [5.74, 6) is 3.88. The standard InChI is InChI=1S/C33H54N2O7S3/c36-44(37)41-20-8-6-18-34-28-22-26(24-10-2-1-3-11-24)14-16-29(28)42-31(34)23-32-35(19-7-9-21-45(38,39)40)33-27-13-5-4-12-25(27)15-17-30(33)43-32/h23-30,33H,1-22H2,(H-,36,37,38,39,40)/p+1. The fourth-order valence-electron chi connectivity index (χ4n) is 9.79. The molecule has 1 saturated heterocycles. The molecule has 2 heterocycles. The number of unbranched alkanes of at least 4 members (excludes halogenated alkanes) is 2. The Morgan fingerprint density at radius 2 is 1.69 bits per heavy atom. The van der Waals surface area contributed by atoms with Gasteiger partial charge in [-0.25, -0.2) is 4.58 Å². The highest BCUT2D eigenvalue weighted by molar-refractivity contribution is 8.14. The lowest BCUT2D eigenvalue weighted by Gasteiger charge is -2.40. The van der Waals surface area contributed by atoms with Gasteiger partial charge in [0.15, 0.2) is 11.9 Å². The Hall–Kier alpha value is -0.660. The molecule has 2 aliphatic heterocycles. The first-order valence-electron chi connectivity index (χ1n) is 17.9. The van der Waals surface area contributed by atoms with Crippen LogP contribution in [0.4, 0.5) is 0 Å². The summed E-state index contributed by atoms with van der Waals surface area (Å²) in [7, 11) is -3.95. The Balaban J connectivity index is 1.24. The number of nitrogens with zero attached hydrogens (tertiary/aromatic N) is 2. The minimum atomic E-state index is -3.95. The van der Waals surface area contributed by atoms with Gasteiger partial charge in [0.05, 0.1) is 29.7 Å². The quantitative estimate of drug-likeness (QED) is 0.0986. The maximum Gasteiger partial charge on any atom is 0.301 e. The van der Waals surface area contributed by atoms with Gasteiger partial charge >= 0.3 is 11.4 Å². The van der Waals surface area contributed by atoms with E-state index in [9.17, 15) is 17.2 Å². The molecule has 45 heavy (non-hydrogen) atoms. The Morgan fingerprint density at radius 3 is 2.49 bits per heavy atom. The van der Waals surface area contributed by atoms with E-state index in [1.807, 2.05) is 11.8 Å². The Bertz CT molecular complexity index is 1200. The van der Waals surface area contributed by atoms with Crippen LogP contribution >= 0.6 is 11.8 Å². The van der Waals surface area contributed by atoms with Crippen molar-refractivity contribution in [3.8, 4) is 0 Å². The monoisotopic (exact) mass is 687 g/mol. The molecule has 0 aromatic heterocycles. The van der Waals surface area contributed by atoms with Crippen LogP contribution in [-0.4, -0.2) is 85.1 Å². The van der Waals surface area contributed by atoms with Crippen molar-refractivity contribution in [1.29, 1.82) is 0 Å². The number of ether oxygens (including phenoxy) is 1. The average molecular weight is 688 g/mol. The van der Waals surface area contributed by atoms with Crippen molar-refractivity contribution >= 4 is 38.3 Å². The summed E-state index contributed by atoms with van der Waals surface area (Å²) >= 11 is -0.211. The third kappa shape index (κ3) is 8.69. The van der Waals surface area contributed by atoms with Crippen molar-refractivity contribution in [3.63, 3.8) is 0 Å². The van der Waals surface area contributed by atoms with Gasteiger partial charge < -0.3 is 9.64 Å². The van der Waals surface area contributed by atoms with Gasteiger partial charge in [-0.15, -0.1) is 0 Å². The summed E-state index contributed by atoms with van der Waals surface area (Å²) in [5.41, 5.74) is 0. The van der Waals surface area contributed by atoms with Crippen LogP contribution in [0.25, 0.3) is 0 Å². The molecule has 256 valence electrons. The predicted molar refractivity (Wildman–Crippen MR) is 179 cm³/mol. The maximum absolute atomic E-state index is 11.4. The lowest BCUT2D eigenvalue weighted by Crippen LogP contribution is -2.46. The largest absolute Gasteiger partial charge is 0.473 e. The van der Waals surface area contributed by atoms with Gasteiger partial charge in [0.2, 0.25) is 5.04 Å². The molecule has 6 rings (SSSR count). The van der Waals surface area contributed by atoms with Crippen molar-refractivity contribution < 1.29 is 35.2 Å². The van der Waals surface area contributed by atoms with Crippen molar-refractivity contribution in [2.75, 3.05) is 25.4 Å². The maximum atomic E-state index is 11.4. The van der Waals surface area contributed by atoms with Gasteiger partial charge in [-0.05, 0) is 93.7 Å². The lowest BCUT2D eigenvalue weighted by atomic mass is 9.68. The lowest BCUT2D eigenvalue weighted by molar-refractivity contribution is -0.573. The Kier molecular flexibility index (Phi) is 11.9. The SMILES string of the molecule is O=S(O)OCCCCN1C(=CC2=[N+](CCCCS(=O)(=O)O)C3C(CCC4CCCCC43)S2)OC2CCC(C3CCCCC3)CC21. The molecule has 8 atom stereocenters. The molecule has 5 fully saturated rings. The van der Waals surface area contributed by atoms with Crippen LogP contribution < -0.4 is 0 Å². The third-order valence-electron chi connectivity index (χ3n) is 11.9. The van der Waals surface area contributed by atoms with E-state index in [4.69, 9.17) is 13.5 Å². The summed E-state index contributed by atoms with van der Waals surface area (Å²) < 4.78 is 66.6. The predicted octanol–water partition coefficient (Wildman–Crippen LogP) is 6.37. The van der Waals surface area contributed by atoms with Crippen LogP contribution in [0.1, 0.15) is 116 Å². The van der Waals surface area contributed by atoms with E-state index in [0.29, 0.717) is 29.7 Å². The second-order valence-corrected chi connectivity index (χ2v) is 18.1. The van der Waals surface area contributed by atoms with E-state index < -0.39 is 21.5 Å². The van der Waals surface area contributed by atoms with Gasteiger partial charge in [0, 0.05) is 18.9 Å². The van der Waals surface area contributed by atoms with E-state index in [1.54, 1.807) is 0 Å². The van der Waals surface area contributed by atoms with Crippen LogP contribution in [-0.2, 0) is 30.4 Å². The molecule has 0 radical (unpaired) electrons. The van der Waals surface area contributed by atoms with E-state index in [1.165, 1.54) is 88.5 Å². The molecule has 0 spiro atoms. The zero-order valence-corrected chi connectivity index (χ0v) is 29.3. The third-order valence-corrected chi connectivity index (χ3v) is 14.5. The Labute approximate surface area is 277 Å². The van der Waals surface area contributed by atoms with Gasteiger partial charge in [-0.2, -0.15) is 12.6 Å². The smallest absolute Gasteiger partial charge is 0.301 e. The summed E-state index contributed by atoms with van der Waals surface area (Å²) in [6, 6.07) is 0.848. The molecule has 9 nitrogen and oxygen atoms in total. The minimum Gasteiger partial charge on any atom is -0.473 e. The molecule has 12 heteroatoms. The number of hydrogen-bond acceptors (Lipinski definition) is 7. The van der Waals surface area contributed by atoms with Crippen LogP contribution in [0.2, 0.25) is 0 Å². The Morgan fingerprint density at radius 1 is 0.933 bits per heavy atom. The molecule has 0 aromatic carbocycles. The van der Waals surface area contributed by atoms with Crippen molar-refractivity contribution in [3.05, 3.63) is 12.0 Å². The molecular formula is C33H55N2O7S3+. The van der Waals surface area contributed by atoms with Gasteiger partial charge in [-0.3, -0.25) is 13.3 Å². The summed E-state index contributed by atoms with van der Waals surface area (Å²) in [6.45, 7) is 1.92. The normalized spacial score (nSPS) is 35.6. The summed E-state index contributed by atoms with van der Waals surface area (Å²) in [5, 5.41) is 1.83. The van der Waals surface area contributed by atoms with E-state index >= 15 is 0 Å². The number of fused-ring (bicyclic) bond motifs is 4. The molecule has 2 N–H and O–H groups in total. The number of hydrogen-bond donors (Lipinski definition) is 2. The van der Waals surface area contributed by atoms with Crippen LogP contribution in [0.15, 0.2) is 12.0 Å². The fourth-order valence-corrected chi connectivity index (χ4v) is 12.2. The van der Waals surface area contributed by atoms with Gasteiger partial charge in [0.1, 0.15) is 12.6 Å². The first-order valence-corrected chi connectivity index (χ1v) is 21.4. The first kappa shape index (κ1) is 34.2. The van der Waals surface area contributed by atoms with Crippen molar-refractivity contribution in [2.24, 2.45) is 23.7 Å². The topological polar surface area (TPSA) is 116 Å². The highest BCUT2D eigenvalue weighted by Crippen LogP contribution is 2.49. The van der Waals surface area contributed by atoms with Gasteiger partial charge in [0.25, 0.3) is 10.1 Å². The second-order valence-electron chi connectivity index (χ2n) is 14.6. The molecule has 0 amide bonds. The fraction of sp³-hybridized carbons (Fsp3) is 0.909. The molecule has 4 saturated carbocycles. The average Bonchev–Trinajstić information content (AvgIpc) is 3.55. The molecule has 0 bridgehead atoms. The summed E-state index contributed by atoms with van der Waals surface area (Å²) in [6.07, 6.45) is 23.5. The zero-order chi connectivity index (χ0) is 31.4. The van der Waals surface area contributed by atoms with E-state index in [2.05, 4.69) is 15.6 Å². The summed E-state index contributed by atoms with van der Waals surface area (Å²) in [4.78, 5) is 2.52. The van der Waals surface area contributed by atoms with E-state index in [-0.39, 0.29) is 18.5 Å². The van der Waals surface area contributed by atoms with Crippen molar-refractivity contribution in [1.82, 2.24) is 4.90 Å². The molecular weight excluding hydrogens is 633 g/mol. The molecule has 6 aliphatic rings. The second kappa shape index (κ2) is 15.7. The molecule has 4 aliphatic carbocycles. The molecule has 8 unspecified atom stereocenters. The van der Waals surface area contributed by atoms with Gasteiger partial charge in [-0.1, -0.05) is 44.9 Å². The van der Waals surface area contributed by atoms with E-state index in [0.717, 1.165) is 62.4 Å². The zero-order valence-electron chi connectivity index (χ0n) is 26.8. The number of rotatable bonds is 13. The molecule has 0 aromatic rings. The van der Waals surface area contributed by atoms with Crippen LogP contribution in [0.5, 0.6) is 0 Å². The van der Waals surface area contributed by atoms with Crippen LogP contribution in [0.3, 0.4) is 0 Å². The highest BCUT2D eigenvalue weighted by atomic mass is 32.2. The first-order chi connectivity index (χ1) is 21.8.